The van der Waals surface area contributed by atoms with Crippen LogP contribution < -0.4 is 10.2 Å². The number of amides is 1. The summed E-state index contributed by atoms with van der Waals surface area (Å²) < 4.78 is 1.79. The van der Waals surface area contributed by atoms with Gasteiger partial charge in [0.15, 0.2) is 5.13 Å². The minimum absolute atomic E-state index is 0.0249. The first-order valence-corrected chi connectivity index (χ1v) is 9.05. The quantitative estimate of drug-likeness (QED) is 0.910. The van der Waals surface area contributed by atoms with E-state index in [1.54, 1.807) is 16.0 Å². The molecule has 24 heavy (non-hydrogen) atoms. The number of piperazine rings is 1. The van der Waals surface area contributed by atoms with Crippen molar-refractivity contribution in [3.05, 3.63) is 23.0 Å². The standard InChI is InChI=1S/C16H24N6OS/c1-11-14(12(2)20(4)19-11)18-15(23)13(3)21-6-8-22(9-7-21)16-17-5-10-24-16/h5,10,13H,6-9H2,1-4H3,(H,18,23)/t13-/m0/s1. The molecule has 0 aromatic carbocycles. The second kappa shape index (κ2) is 6.90. The van der Waals surface area contributed by atoms with E-state index < -0.39 is 0 Å². The number of aromatic nitrogens is 3. The zero-order chi connectivity index (χ0) is 17.3. The summed E-state index contributed by atoms with van der Waals surface area (Å²) in [7, 11) is 1.89. The van der Waals surface area contributed by atoms with Crippen LogP contribution in [0.3, 0.4) is 0 Å². The van der Waals surface area contributed by atoms with Crippen molar-refractivity contribution in [2.75, 3.05) is 36.4 Å². The zero-order valence-corrected chi connectivity index (χ0v) is 15.4. The first-order valence-electron chi connectivity index (χ1n) is 8.17. The van der Waals surface area contributed by atoms with Gasteiger partial charge in [0.25, 0.3) is 0 Å². The van der Waals surface area contributed by atoms with Crippen LogP contribution >= 0.6 is 11.3 Å². The minimum Gasteiger partial charge on any atom is -0.346 e. The Morgan fingerprint density at radius 1 is 1.29 bits per heavy atom. The summed E-state index contributed by atoms with van der Waals surface area (Å²) in [4.78, 5) is 21.5. The van der Waals surface area contributed by atoms with Crippen LogP contribution in [0.15, 0.2) is 11.6 Å². The van der Waals surface area contributed by atoms with Gasteiger partial charge in [0.2, 0.25) is 5.91 Å². The molecule has 8 heteroatoms. The van der Waals surface area contributed by atoms with Crippen molar-refractivity contribution in [2.45, 2.75) is 26.8 Å². The Labute approximate surface area is 146 Å². The van der Waals surface area contributed by atoms with Gasteiger partial charge in [0.05, 0.1) is 23.1 Å². The maximum Gasteiger partial charge on any atom is 0.241 e. The summed E-state index contributed by atoms with van der Waals surface area (Å²) >= 11 is 1.66. The molecule has 3 rings (SSSR count). The Kier molecular flexibility index (Phi) is 4.86. The van der Waals surface area contributed by atoms with Crippen molar-refractivity contribution >= 4 is 28.1 Å². The van der Waals surface area contributed by atoms with Crippen molar-refractivity contribution in [1.29, 1.82) is 0 Å². The first kappa shape index (κ1) is 16.9. The van der Waals surface area contributed by atoms with Gasteiger partial charge in [0.1, 0.15) is 0 Å². The van der Waals surface area contributed by atoms with E-state index in [2.05, 4.69) is 25.2 Å². The van der Waals surface area contributed by atoms with Crippen molar-refractivity contribution in [1.82, 2.24) is 19.7 Å². The Hall–Kier alpha value is -1.93. The van der Waals surface area contributed by atoms with Gasteiger partial charge < -0.3 is 10.2 Å². The van der Waals surface area contributed by atoms with Gasteiger partial charge in [-0.25, -0.2) is 4.98 Å². The molecular formula is C16H24N6OS. The van der Waals surface area contributed by atoms with Crippen molar-refractivity contribution in [3.63, 3.8) is 0 Å². The smallest absolute Gasteiger partial charge is 0.241 e. The molecule has 0 aliphatic carbocycles. The van der Waals surface area contributed by atoms with Gasteiger partial charge in [-0.2, -0.15) is 5.10 Å². The van der Waals surface area contributed by atoms with E-state index in [1.165, 1.54) is 0 Å². The average molecular weight is 348 g/mol. The molecule has 130 valence electrons. The second-order valence-corrected chi connectivity index (χ2v) is 7.05. The van der Waals surface area contributed by atoms with Crippen LogP contribution in [0.1, 0.15) is 18.3 Å². The van der Waals surface area contributed by atoms with Crippen molar-refractivity contribution in [2.24, 2.45) is 7.05 Å². The summed E-state index contributed by atoms with van der Waals surface area (Å²) in [6.45, 7) is 9.37. The van der Waals surface area contributed by atoms with Crippen LogP contribution in [0.25, 0.3) is 0 Å². The summed E-state index contributed by atoms with van der Waals surface area (Å²) in [6.07, 6.45) is 1.83. The SMILES string of the molecule is Cc1nn(C)c(C)c1NC(=O)[C@H](C)N1CCN(c2nccs2)CC1. The maximum absolute atomic E-state index is 12.6. The largest absolute Gasteiger partial charge is 0.346 e. The molecule has 7 nitrogen and oxygen atoms in total. The highest BCUT2D eigenvalue weighted by Crippen LogP contribution is 2.21. The topological polar surface area (TPSA) is 66.3 Å². The lowest BCUT2D eigenvalue weighted by molar-refractivity contribution is -0.120. The van der Waals surface area contributed by atoms with E-state index in [1.807, 2.05) is 39.4 Å². The molecule has 1 saturated heterocycles. The van der Waals surface area contributed by atoms with Gasteiger partial charge in [0, 0.05) is 44.8 Å². The van der Waals surface area contributed by atoms with E-state index in [9.17, 15) is 4.79 Å². The minimum atomic E-state index is -0.164. The number of thiazole rings is 1. The lowest BCUT2D eigenvalue weighted by atomic mass is 10.2. The van der Waals surface area contributed by atoms with E-state index in [0.29, 0.717) is 0 Å². The summed E-state index contributed by atoms with van der Waals surface area (Å²) in [5.74, 6) is 0.0249. The average Bonchev–Trinajstić information content (AvgIpc) is 3.19. The molecule has 1 fully saturated rings. The van der Waals surface area contributed by atoms with E-state index in [4.69, 9.17) is 0 Å². The number of carbonyl (C=O) groups is 1. The molecular weight excluding hydrogens is 324 g/mol. The highest BCUT2D eigenvalue weighted by atomic mass is 32.1. The summed E-state index contributed by atoms with van der Waals surface area (Å²) in [5.41, 5.74) is 2.65. The molecule has 1 atom stereocenters. The fraction of sp³-hybridized carbons (Fsp3) is 0.562. The predicted molar refractivity (Wildman–Crippen MR) is 96.7 cm³/mol. The Bertz CT molecular complexity index is 702. The number of carbonyl (C=O) groups excluding carboxylic acids is 1. The monoisotopic (exact) mass is 348 g/mol. The van der Waals surface area contributed by atoms with Crippen molar-refractivity contribution < 1.29 is 4.79 Å². The normalized spacial score (nSPS) is 17.1. The number of hydrogen-bond donors (Lipinski definition) is 1. The van der Waals surface area contributed by atoms with E-state index in [-0.39, 0.29) is 11.9 Å². The molecule has 3 heterocycles. The Balaban J connectivity index is 1.58. The Morgan fingerprint density at radius 3 is 2.54 bits per heavy atom. The molecule has 0 unspecified atom stereocenters. The van der Waals surface area contributed by atoms with E-state index in [0.717, 1.165) is 48.4 Å². The molecule has 1 aliphatic rings. The van der Waals surface area contributed by atoms with Crippen LogP contribution in [0, 0.1) is 13.8 Å². The lowest BCUT2D eigenvalue weighted by Gasteiger charge is -2.37. The molecule has 0 saturated carbocycles. The Morgan fingerprint density at radius 2 is 2.00 bits per heavy atom. The van der Waals surface area contributed by atoms with Crippen molar-refractivity contribution in [3.8, 4) is 0 Å². The molecule has 0 radical (unpaired) electrons. The first-order chi connectivity index (χ1) is 11.5. The lowest BCUT2D eigenvalue weighted by Crippen LogP contribution is -2.52. The third-order valence-electron chi connectivity index (χ3n) is 4.69. The fourth-order valence-corrected chi connectivity index (χ4v) is 3.72. The highest BCUT2D eigenvalue weighted by Gasteiger charge is 2.27. The summed E-state index contributed by atoms with van der Waals surface area (Å²) in [5, 5.41) is 10.5. The highest BCUT2D eigenvalue weighted by molar-refractivity contribution is 7.13. The number of rotatable bonds is 4. The molecule has 0 spiro atoms. The van der Waals surface area contributed by atoms with Gasteiger partial charge in [-0.3, -0.25) is 14.4 Å². The number of anilines is 2. The zero-order valence-electron chi connectivity index (χ0n) is 14.6. The van der Waals surface area contributed by atoms with Gasteiger partial charge in [-0.1, -0.05) is 0 Å². The third-order valence-corrected chi connectivity index (χ3v) is 5.52. The number of nitrogens with zero attached hydrogens (tertiary/aromatic N) is 5. The number of hydrogen-bond acceptors (Lipinski definition) is 6. The van der Waals surface area contributed by atoms with Gasteiger partial charge in [-0.05, 0) is 20.8 Å². The van der Waals surface area contributed by atoms with Crippen LogP contribution in [-0.2, 0) is 11.8 Å². The maximum atomic E-state index is 12.6. The van der Waals surface area contributed by atoms with Crippen LogP contribution in [0.2, 0.25) is 0 Å². The van der Waals surface area contributed by atoms with Crippen LogP contribution in [-0.4, -0.2) is 57.8 Å². The summed E-state index contributed by atoms with van der Waals surface area (Å²) in [6, 6.07) is -0.164. The molecule has 1 aliphatic heterocycles. The molecule has 1 N–H and O–H groups in total. The number of nitrogens with one attached hydrogen (secondary N) is 1. The molecule has 2 aromatic rings. The second-order valence-electron chi connectivity index (χ2n) is 6.17. The van der Waals surface area contributed by atoms with Crippen LogP contribution in [0.4, 0.5) is 10.8 Å². The van der Waals surface area contributed by atoms with E-state index >= 15 is 0 Å². The fourth-order valence-electron chi connectivity index (χ4n) is 3.02. The predicted octanol–water partition coefficient (Wildman–Crippen LogP) is 1.64. The molecule has 1 amide bonds. The third kappa shape index (κ3) is 3.29. The number of aryl methyl sites for hydroxylation is 2. The molecule has 2 aromatic heterocycles. The molecule has 0 bridgehead atoms. The van der Waals surface area contributed by atoms with Gasteiger partial charge >= 0.3 is 0 Å². The van der Waals surface area contributed by atoms with Crippen LogP contribution in [0.5, 0.6) is 0 Å². The van der Waals surface area contributed by atoms with Gasteiger partial charge in [-0.15, -0.1) is 11.3 Å².